The second-order valence-electron chi connectivity index (χ2n) is 5.00. The first kappa shape index (κ1) is 14.5. The zero-order valence-electron chi connectivity index (χ0n) is 11.4. The highest BCUT2D eigenvalue weighted by molar-refractivity contribution is 5.72. The Balaban J connectivity index is 2.34. The van der Waals surface area contributed by atoms with Gasteiger partial charge in [0.2, 0.25) is 0 Å². The van der Waals surface area contributed by atoms with Crippen molar-refractivity contribution in [1.29, 1.82) is 0 Å². The van der Waals surface area contributed by atoms with Crippen LogP contribution in [-0.2, 0) is 14.3 Å². The summed E-state index contributed by atoms with van der Waals surface area (Å²) in [5, 5.41) is 3.16. The SMILES string of the molecule is CCNCC(C)C(=O)OC1CC(C)OC(C)C1. The van der Waals surface area contributed by atoms with Gasteiger partial charge in [-0.25, -0.2) is 0 Å². The van der Waals surface area contributed by atoms with Crippen molar-refractivity contribution in [2.45, 2.75) is 58.8 Å². The summed E-state index contributed by atoms with van der Waals surface area (Å²) in [6, 6.07) is 0. The highest BCUT2D eigenvalue weighted by Crippen LogP contribution is 2.22. The van der Waals surface area contributed by atoms with E-state index in [1.54, 1.807) is 0 Å². The van der Waals surface area contributed by atoms with Crippen LogP contribution in [0, 0.1) is 5.92 Å². The van der Waals surface area contributed by atoms with Crippen molar-refractivity contribution in [1.82, 2.24) is 5.32 Å². The third-order valence-electron chi connectivity index (χ3n) is 3.04. The molecule has 0 amide bonds. The van der Waals surface area contributed by atoms with Crippen LogP contribution in [0.3, 0.4) is 0 Å². The Hall–Kier alpha value is -0.610. The van der Waals surface area contributed by atoms with Crippen molar-refractivity contribution in [3.63, 3.8) is 0 Å². The molecule has 0 aromatic heterocycles. The number of nitrogens with one attached hydrogen (secondary N) is 1. The molecule has 3 unspecified atom stereocenters. The average molecular weight is 243 g/mol. The number of esters is 1. The lowest BCUT2D eigenvalue weighted by atomic mass is 10.0. The second-order valence-corrected chi connectivity index (χ2v) is 5.00. The number of carbonyl (C=O) groups is 1. The quantitative estimate of drug-likeness (QED) is 0.747. The molecular formula is C13H25NO3. The van der Waals surface area contributed by atoms with Gasteiger partial charge in [0.15, 0.2) is 0 Å². The van der Waals surface area contributed by atoms with Crippen molar-refractivity contribution in [2.24, 2.45) is 5.92 Å². The summed E-state index contributed by atoms with van der Waals surface area (Å²) in [6.07, 6.45) is 2.00. The van der Waals surface area contributed by atoms with Gasteiger partial charge in [0.05, 0.1) is 18.1 Å². The van der Waals surface area contributed by atoms with Gasteiger partial charge in [-0.3, -0.25) is 4.79 Å². The highest BCUT2D eigenvalue weighted by atomic mass is 16.6. The van der Waals surface area contributed by atoms with Crippen LogP contribution in [0.1, 0.15) is 40.5 Å². The molecule has 0 radical (unpaired) electrons. The number of ether oxygens (including phenoxy) is 2. The predicted octanol–water partition coefficient (Wildman–Crippen LogP) is 1.73. The molecule has 0 aliphatic carbocycles. The zero-order chi connectivity index (χ0) is 12.8. The monoisotopic (exact) mass is 243 g/mol. The molecule has 1 aliphatic heterocycles. The van der Waals surface area contributed by atoms with E-state index in [2.05, 4.69) is 5.32 Å². The summed E-state index contributed by atoms with van der Waals surface area (Å²) in [5.41, 5.74) is 0. The van der Waals surface area contributed by atoms with E-state index >= 15 is 0 Å². The Morgan fingerprint density at radius 2 is 2.00 bits per heavy atom. The lowest BCUT2D eigenvalue weighted by Gasteiger charge is -2.32. The van der Waals surface area contributed by atoms with Crippen LogP contribution in [-0.4, -0.2) is 37.4 Å². The highest BCUT2D eigenvalue weighted by Gasteiger charge is 2.28. The van der Waals surface area contributed by atoms with Crippen LogP contribution >= 0.6 is 0 Å². The van der Waals surface area contributed by atoms with Crippen molar-refractivity contribution in [3.05, 3.63) is 0 Å². The van der Waals surface area contributed by atoms with Gasteiger partial charge in [-0.2, -0.15) is 0 Å². The molecule has 0 spiro atoms. The minimum absolute atomic E-state index is 0.0188. The van der Waals surface area contributed by atoms with Crippen LogP contribution in [0.15, 0.2) is 0 Å². The minimum atomic E-state index is -0.0998. The van der Waals surface area contributed by atoms with E-state index in [4.69, 9.17) is 9.47 Å². The molecule has 0 bridgehead atoms. The first-order valence-electron chi connectivity index (χ1n) is 6.59. The molecule has 0 saturated carbocycles. The fourth-order valence-corrected chi connectivity index (χ4v) is 2.17. The maximum Gasteiger partial charge on any atom is 0.310 e. The Kier molecular flexibility index (Phi) is 5.92. The molecule has 17 heavy (non-hydrogen) atoms. The van der Waals surface area contributed by atoms with Gasteiger partial charge in [-0.15, -0.1) is 0 Å². The topological polar surface area (TPSA) is 47.6 Å². The van der Waals surface area contributed by atoms with E-state index in [1.807, 2.05) is 27.7 Å². The molecule has 0 aromatic carbocycles. The van der Waals surface area contributed by atoms with Gasteiger partial charge in [-0.1, -0.05) is 13.8 Å². The molecule has 1 rings (SSSR count). The summed E-state index contributed by atoms with van der Waals surface area (Å²) >= 11 is 0. The fourth-order valence-electron chi connectivity index (χ4n) is 2.17. The first-order chi connectivity index (χ1) is 8.02. The molecule has 4 heteroatoms. The van der Waals surface area contributed by atoms with E-state index in [9.17, 15) is 4.79 Å². The molecule has 0 aromatic rings. The summed E-state index contributed by atoms with van der Waals surface area (Å²) in [6.45, 7) is 9.54. The molecule has 3 atom stereocenters. The van der Waals surface area contributed by atoms with Crippen molar-refractivity contribution in [3.8, 4) is 0 Å². The molecular weight excluding hydrogens is 218 g/mol. The summed E-state index contributed by atoms with van der Waals surface area (Å²) in [5.74, 6) is -0.180. The van der Waals surface area contributed by atoms with Crippen LogP contribution in [0.4, 0.5) is 0 Å². The Labute approximate surface area is 104 Å². The van der Waals surface area contributed by atoms with Crippen LogP contribution in [0.2, 0.25) is 0 Å². The molecule has 1 heterocycles. The van der Waals surface area contributed by atoms with Gasteiger partial charge in [0.1, 0.15) is 6.10 Å². The van der Waals surface area contributed by atoms with Gasteiger partial charge < -0.3 is 14.8 Å². The first-order valence-corrected chi connectivity index (χ1v) is 6.59. The molecule has 1 aliphatic rings. The number of carbonyl (C=O) groups excluding carboxylic acids is 1. The van der Waals surface area contributed by atoms with Crippen molar-refractivity contribution in [2.75, 3.05) is 13.1 Å². The second kappa shape index (κ2) is 6.97. The smallest absolute Gasteiger partial charge is 0.310 e. The third-order valence-corrected chi connectivity index (χ3v) is 3.04. The molecule has 1 saturated heterocycles. The van der Waals surface area contributed by atoms with E-state index < -0.39 is 0 Å². The minimum Gasteiger partial charge on any atom is -0.462 e. The largest absolute Gasteiger partial charge is 0.462 e. The fraction of sp³-hybridized carbons (Fsp3) is 0.923. The van der Waals surface area contributed by atoms with E-state index in [0.29, 0.717) is 6.54 Å². The van der Waals surface area contributed by atoms with E-state index in [0.717, 1.165) is 19.4 Å². The van der Waals surface area contributed by atoms with Crippen LogP contribution in [0.25, 0.3) is 0 Å². The summed E-state index contributed by atoms with van der Waals surface area (Å²) in [4.78, 5) is 11.8. The lowest BCUT2D eigenvalue weighted by molar-refractivity contribution is -0.163. The van der Waals surface area contributed by atoms with E-state index in [-0.39, 0.29) is 30.2 Å². The van der Waals surface area contributed by atoms with Gasteiger partial charge in [-0.05, 0) is 20.4 Å². The maximum absolute atomic E-state index is 11.8. The molecule has 1 fully saturated rings. The Bertz CT molecular complexity index is 235. The van der Waals surface area contributed by atoms with Gasteiger partial charge in [0.25, 0.3) is 0 Å². The van der Waals surface area contributed by atoms with Crippen molar-refractivity contribution < 1.29 is 14.3 Å². The van der Waals surface area contributed by atoms with Gasteiger partial charge >= 0.3 is 5.97 Å². The molecule has 100 valence electrons. The number of hydrogen-bond acceptors (Lipinski definition) is 4. The lowest BCUT2D eigenvalue weighted by Crippen LogP contribution is -2.37. The summed E-state index contributed by atoms with van der Waals surface area (Å²) in [7, 11) is 0. The average Bonchev–Trinajstić information content (AvgIpc) is 2.24. The zero-order valence-corrected chi connectivity index (χ0v) is 11.4. The van der Waals surface area contributed by atoms with Crippen LogP contribution < -0.4 is 5.32 Å². The third kappa shape index (κ3) is 5.04. The Morgan fingerprint density at radius 1 is 1.41 bits per heavy atom. The standard InChI is InChI=1S/C13H25NO3/c1-5-14-8-9(2)13(15)17-12-6-10(3)16-11(4)7-12/h9-12,14H,5-8H2,1-4H3. The van der Waals surface area contributed by atoms with Gasteiger partial charge in [0, 0.05) is 19.4 Å². The van der Waals surface area contributed by atoms with E-state index in [1.165, 1.54) is 0 Å². The maximum atomic E-state index is 11.8. The normalized spacial score (nSPS) is 30.9. The molecule has 4 nitrogen and oxygen atoms in total. The number of rotatable bonds is 5. The molecule has 1 N–H and O–H groups in total. The Morgan fingerprint density at radius 3 is 2.53 bits per heavy atom. The predicted molar refractivity (Wildman–Crippen MR) is 66.8 cm³/mol. The summed E-state index contributed by atoms with van der Waals surface area (Å²) < 4.78 is 11.2. The number of hydrogen-bond donors (Lipinski definition) is 1. The van der Waals surface area contributed by atoms with Crippen molar-refractivity contribution >= 4 is 5.97 Å². The van der Waals surface area contributed by atoms with Crippen LogP contribution in [0.5, 0.6) is 0 Å².